The molecule has 2 N–H and O–H groups in total. The molecule has 0 heterocycles. The van der Waals surface area contributed by atoms with Crippen LogP contribution in [-0.2, 0) is 4.79 Å². The zero-order valence-corrected chi connectivity index (χ0v) is 10.5. The standard InChI is InChI=1S/C11H24N2O2/c1-9(2)13(5)10(15)8-12-11(3,4)6-7-14/h9,12,14H,6-8H2,1-5H3. The minimum absolute atomic E-state index is 0.0796. The Bertz CT molecular complexity index is 203. The fourth-order valence-corrected chi connectivity index (χ4v) is 1.10. The molecule has 0 atom stereocenters. The van der Waals surface area contributed by atoms with E-state index in [0.717, 1.165) is 0 Å². The predicted octanol–water partition coefficient (Wildman–Crippen LogP) is 0.604. The van der Waals surface area contributed by atoms with E-state index < -0.39 is 0 Å². The molecule has 4 heteroatoms. The van der Waals surface area contributed by atoms with Crippen LogP contribution >= 0.6 is 0 Å². The summed E-state index contributed by atoms with van der Waals surface area (Å²) in [5.74, 6) is 0.0796. The Morgan fingerprint density at radius 2 is 2.00 bits per heavy atom. The van der Waals surface area contributed by atoms with Gasteiger partial charge in [0.2, 0.25) is 5.91 Å². The smallest absolute Gasteiger partial charge is 0.236 e. The van der Waals surface area contributed by atoms with Crippen molar-refractivity contribution in [1.82, 2.24) is 10.2 Å². The van der Waals surface area contributed by atoms with Crippen LogP contribution in [0.1, 0.15) is 34.1 Å². The summed E-state index contributed by atoms with van der Waals surface area (Å²) in [6.45, 7) is 8.38. The van der Waals surface area contributed by atoms with E-state index in [4.69, 9.17) is 5.11 Å². The minimum Gasteiger partial charge on any atom is -0.396 e. The molecule has 1 amide bonds. The number of rotatable bonds is 6. The van der Waals surface area contributed by atoms with Gasteiger partial charge in [-0.3, -0.25) is 4.79 Å². The van der Waals surface area contributed by atoms with Gasteiger partial charge in [-0.15, -0.1) is 0 Å². The topological polar surface area (TPSA) is 52.6 Å². The third-order valence-corrected chi connectivity index (χ3v) is 2.62. The van der Waals surface area contributed by atoms with Gasteiger partial charge in [-0.2, -0.15) is 0 Å². The number of nitrogens with zero attached hydrogens (tertiary/aromatic N) is 1. The number of carbonyl (C=O) groups excluding carboxylic acids is 1. The van der Waals surface area contributed by atoms with Crippen molar-refractivity contribution in [2.75, 3.05) is 20.2 Å². The van der Waals surface area contributed by atoms with E-state index in [0.29, 0.717) is 13.0 Å². The second-order valence-electron chi connectivity index (χ2n) is 4.81. The zero-order valence-electron chi connectivity index (χ0n) is 10.5. The van der Waals surface area contributed by atoms with Crippen molar-refractivity contribution in [2.45, 2.75) is 45.7 Å². The second-order valence-corrected chi connectivity index (χ2v) is 4.81. The molecule has 90 valence electrons. The molecule has 0 aromatic rings. The van der Waals surface area contributed by atoms with Gasteiger partial charge < -0.3 is 15.3 Å². The van der Waals surface area contributed by atoms with Crippen LogP contribution in [0.2, 0.25) is 0 Å². The molecule has 0 aliphatic rings. The summed E-state index contributed by atoms with van der Waals surface area (Å²) in [5, 5.41) is 12.0. The van der Waals surface area contributed by atoms with E-state index in [-0.39, 0.29) is 24.1 Å². The predicted molar refractivity (Wildman–Crippen MR) is 61.7 cm³/mol. The van der Waals surface area contributed by atoms with Crippen LogP contribution in [0.25, 0.3) is 0 Å². The van der Waals surface area contributed by atoms with E-state index in [1.165, 1.54) is 0 Å². The van der Waals surface area contributed by atoms with Gasteiger partial charge in [0.25, 0.3) is 0 Å². The number of nitrogens with one attached hydrogen (secondary N) is 1. The Labute approximate surface area is 92.7 Å². The number of aliphatic hydroxyl groups excluding tert-OH is 1. The number of carbonyl (C=O) groups is 1. The highest BCUT2D eigenvalue weighted by molar-refractivity contribution is 5.78. The van der Waals surface area contributed by atoms with E-state index in [2.05, 4.69) is 5.32 Å². The van der Waals surface area contributed by atoms with Crippen molar-refractivity contribution in [1.29, 1.82) is 0 Å². The van der Waals surface area contributed by atoms with Crippen LogP contribution in [0.4, 0.5) is 0 Å². The second kappa shape index (κ2) is 6.08. The molecule has 4 nitrogen and oxygen atoms in total. The fraction of sp³-hybridized carbons (Fsp3) is 0.909. The highest BCUT2D eigenvalue weighted by Crippen LogP contribution is 2.06. The lowest BCUT2D eigenvalue weighted by molar-refractivity contribution is -0.130. The number of hydrogen-bond acceptors (Lipinski definition) is 3. The first kappa shape index (κ1) is 14.4. The number of amides is 1. The van der Waals surface area contributed by atoms with E-state index >= 15 is 0 Å². The van der Waals surface area contributed by atoms with Crippen LogP contribution in [0.5, 0.6) is 0 Å². The average Bonchev–Trinajstić information content (AvgIpc) is 2.13. The first-order valence-electron chi connectivity index (χ1n) is 5.41. The molecule has 0 aliphatic heterocycles. The maximum Gasteiger partial charge on any atom is 0.236 e. The summed E-state index contributed by atoms with van der Waals surface area (Å²) in [5.41, 5.74) is -0.192. The lowest BCUT2D eigenvalue weighted by Gasteiger charge is -2.28. The molecule has 0 unspecified atom stereocenters. The molecule has 0 aromatic heterocycles. The SMILES string of the molecule is CC(C)N(C)C(=O)CNC(C)(C)CCO. The lowest BCUT2D eigenvalue weighted by Crippen LogP contribution is -2.47. The Morgan fingerprint density at radius 3 is 2.40 bits per heavy atom. The van der Waals surface area contributed by atoms with Crippen molar-refractivity contribution >= 4 is 5.91 Å². The van der Waals surface area contributed by atoms with Gasteiger partial charge in [0, 0.05) is 25.2 Å². The normalized spacial score (nSPS) is 11.9. The minimum atomic E-state index is -0.192. The summed E-state index contributed by atoms with van der Waals surface area (Å²) >= 11 is 0. The fourth-order valence-electron chi connectivity index (χ4n) is 1.10. The maximum atomic E-state index is 11.6. The van der Waals surface area contributed by atoms with Crippen LogP contribution < -0.4 is 5.32 Å². The summed E-state index contributed by atoms with van der Waals surface area (Å²) in [4.78, 5) is 13.3. The Hall–Kier alpha value is -0.610. The lowest BCUT2D eigenvalue weighted by atomic mass is 10.0. The molecule has 15 heavy (non-hydrogen) atoms. The molecule has 0 aromatic carbocycles. The van der Waals surface area contributed by atoms with Gasteiger partial charge in [-0.1, -0.05) is 0 Å². The summed E-state index contributed by atoms with van der Waals surface area (Å²) in [6, 6.07) is 0.222. The number of aliphatic hydroxyl groups is 1. The number of hydrogen-bond donors (Lipinski definition) is 2. The van der Waals surface area contributed by atoms with E-state index in [1.54, 1.807) is 11.9 Å². The molecule has 0 radical (unpaired) electrons. The number of likely N-dealkylation sites (N-methyl/N-ethyl adjacent to an activating group) is 1. The molecule has 0 spiro atoms. The Morgan fingerprint density at radius 1 is 1.47 bits per heavy atom. The first-order valence-corrected chi connectivity index (χ1v) is 5.41. The van der Waals surface area contributed by atoms with Crippen LogP contribution in [0.3, 0.4) is 0 Å². The largest absolute Gasteiger partial charge is 0.396 e. The van der Waals surface area contributed by atoms with Crippen molar-refractivity contribution in [3.63, 3.8) is 0 Å². The van der Waals surface area contributed by atoms with Crippen LogP contribution in [-0.4, -0.2) is 47.7 Å². The molecular weight excluding hydrogens is 192 g/mol. The molecular formula is C11H24N2O2. The molecule has 0 saturated carbocycles. The first-order chi connectivity index (χ1) is 6.80. The van der Waals surface area contributed by atoms with Crippen LogP contribution in [0.15, 0.2) is 0 Å². The van der Waals surface area contributed by atoms with E-state index in [1.807, 2.05) is 27.7 Å². The summed E-state index contributed by atoms with van der Waals surface area (Å²) in [6.07, 6.45) is 0.645. The van der Waals surface area contributed by atoms with Crippen LogP contribution in [0, 0.1) is 0 Å². The monoisotopic (exact) mass is 216 g/mol. The van der Waals surface area contributed by atoms with Gasteiger partial charge in [0.05, 0.1) is 6.54 Å². The van der Waals surface area contributed by atoms with Gasteiger partial charge >= 0.3 is 0 Å². The quantitative estimate of drug-likeness (QED) is 0.684. The van der Waals surface area contributed by atoms with Gasteiger partial charge in [-0.05, 0) is 34.1 Å². The Kier molecular flexibility index (Phi) is 5.83. The highest BCUT2D eigenvalue weighted by atomic mass is 16.3. The molecule has 0 rings (SSSR count). The molecule has 0 saturated heterocycles. The average molecular weight is 216 g/mol. The van der Waals surface area contributed by atoms with Gasteiger partial charge in [0.1, 0.15) is 0 Å². The molecule has 0 fully saturated rings. The van der Waals surface area contributed by atoms with Crippen molar-refractivity contribution in [3.05, 3.63) is 0 Å². The maximum absolute atomic E-state index is 11.6. The van der Waals surface area contributed by atoms with Gasteiger partial charge in [0.15, 0.2) is 0 Å². The molecule has 0 bridgehead atoms. The van der Waals surface area contributed by atoms with Gasteiger partial charge in [-0.25, -0.2) is 0 Å². The Balaban J connectivity index is 4.00. The van der Waals surface area contributed by atoms with Crippen molar-refractivity contribution in [3.8, 4) is 0 Å². The van der Waals surface area contributed by atoms with E-state index in [9.17, 15) is 4.79 Å². The third kappa shape index (κ3) is 5.74. The summed E-state index contributed by atoms with van der Waals surface area (Å²) in [7, 11) is 1.80. The highest BCUT2D eigenvalue weighted by Gasteiger charge is 2.19. The van der Waals surface area contributed by atoms with Crippen molar-refractivity contribution < 1.29 is 9.90 Å². The van der Waals surface area contributed by atoms with Crippen molar-refractivity contribution in [2.24, 2.45) is 0 Å². The summed E-state index contributed by atoms with van der Waals surface area (Å²) < 4.78 is 0. The zero-order chi connectivity index (χ0) is 12.1. The third-order valence-electron chi connectivity index (χ3n) is 2.62. The molecule has 0 aliphatic carbocycles.